The van der Waals surface area contributed by atoms with Crippen molar-refractivity contribution in [3.8, 4) is 0 Å². The van der Waals surface area contributed by atoms with Gasteiger partial charge in [-0.2, -0.15) is 4.98 Å². The van der Waals surface area contributed by atoms with Gasteiger partial charge in [0.25, 0.3) is 0 Å². The third kappa shape index (κ3) is 6.81. The number of aliphatic hydroxyl groups is 3. The minimum atomic E-state index is -4.60. The van der Waals surface area contributed by atoms with E-state index in [1.54, 1.807) is 34.6 Å². The van der Waals surface area contributed by atoms with Gasteiger partial charge in [0.15, 0.2) is 11.6 Å². The van der Waals surface area contributed by atoms with E-state index in [9.17, 15) is 39.2 Å². The van der Waals surface area contributed by atoms with Crippen molar-refractivity contribution >= 4 is 25.3 Å². The monoisotopic (exact) mass is 591 g/mol. The quantitative estimate of drug-likeness (QED) is 0.164. The van der Waals surface area contributed by atoms with Gasteiger partial charge in [-0.25, -0.2) is 4.79 Å². The van der Waals surface area contributed by atoms with E-state index in [1.807, 2.05) is 0 Å². The maximum absolute atomic E-state index is 13.3. The maximum Gasteiger partial charge on any atom is 0.359 e. The van der Waals surface area contributed by atoms with E-state index in [0.29, 0.717) is 0 Å². The van der Waals surface area contributed by atoms with Crippen LogP contribution in [-0.2, 0) is 34.8 Å². The number of anilines is 1. The summed E-state index contributed by atoms with van der Waals surface area (Å²) in [6.45, 7) is 10.2. The molecule has 2 heterocycles. The number of hydrogen-bond donors (Lipinski definition) is 5. The molecule has 0 radical (unpaired) electrons. The predicted octanol–water partition coefficient (Wildman–Crippen LogP) is 1.79. The molecule has 1 aromatic heterocycles. The van der Waals surface area contributed by atoms with E-state index < -0.39 is 66.6 Å². The van der Waals surface area contributed by atoms with Gasteiger partial charge in [-0.3, -0.25) is 23.2 Å². The van der Waals surface area contributed by atoms with Crippen molar-refractivity contribution in [2.75, 3.05) is 5.32 Å². The largest absolute Gasteiger partial charge is 0.461 e. The molecule has 6 unspecified atom stereocenters. The summed E-state index contributed by atoms with van der Waals surface area (Å²) in [7, 11) is -4.60. The summed E-state index contributed by atoms with van der Waals surface area (Å²) in [6.07, 6.45) is -4.25. The van der Waals surface area contributed by atoms with Gasteiger partial charge in [0.1, 0.15) is 24.6 Å². The Hall–Kier alpha value is -2.19. The number of carbonyl (C=O) groups excluding carboxylic acids is 2. The Morgan fingerprint density at radius 1 is 1.15 bits per heavy atom. The van der Waals surface area contributed by atoms with Crippen molar-refractivity contribution in [1.29, 1.82) is 0 Å². The van der Waals surface area contributed by atoms with Crippen LogP contribution in [-0.4, -0.2) is 70.9 Å². The lowest BCUT2D eigenvalue weighted by atomic mass is 9.79. The minimum Gasteiger partial charge on any atom is -0.461 e. The van der Waals surface area contributed by atoms with Crippen LogP contribution in [0.2, 0.25) is 0 Å². The highest BCUT2D eigenvalue weighted by Crippen LogP contribution is 2.61. The zero-order valence-electron chi connectivity index (χ0n) is 24.0. The molecule has 6 atom stereocenters. The Morgan fingerprint density at radius 2 is 1.73 bits per heavy atom. The number of esters is 1. The third-order valence-corrected chi connectivity index (χ3v) is 10.1. The van der Waals surface area contributed by atoms with E-state index >= 15 is 0 Å². The average Bonchev–Trinajstić information content (AvgIpc) is 3.19. The molecule has 1 aliphatic heterocycles. The van der Waals surface area contributed by atoms with Gasteiger partial charge >= 0.3 is 19.3 Å². The van der Waals surface area contributed by atoms with Crippen molar-refractivity contribution in [2.45, 2.75) is 116 Å². The van der Waals surface area contributed by atoms with E-state index in [2.05, 4.69) is 10.3 Å². The zero-order valence-corrected chi connectivity index (χ0v) is 24.9. The fourth-order valence-electron chi connectivity index (χ4n) is 4.97. The first-order valence-corrected chi connectivity index (χ1v) is 14.9. The van der Waals surface area contributed by atoms with Gasteiger partial charge in [-0.05, 0) is 25.7 Å². The number of hydrogen-bond acceptors (Lipinski definition) is 11. The first-order chi connectivity index (χ1) is 18.5. The Kier molecular flexibility index (Phi) is 11.2. The van der Waals surface area contributed by atoms with Crippen molar-refractivity contribution in [2.24, 2.45) is 5.92 Å². The molecule has 0 spiro atoms. The van der Waals surface area contributed by atoms with Gasteiger partial charge in [-0.1, -0.05) is 34.6 Å². The highest BCUT2D eigenvalue weighted by molar-refractivity contribution is 7.54. The second-order valence-corrected chi connectivity index (χ2v) is 12.2. The summed E-state index contributed by atoms with van der Waals surface area (Å²) in [4.78, 5) is 50.5. The lowest BCUT2D eigenvalue weighted by Gasteiger charge is -2.44. The van der Waals surface area contributed by atoms with Crippen LogP contribution in [0.3, 0.4) is 0 Å². The van der Waals surface area contributed by atoms with Crippen LogP contribution in [0.5, 0.6) is 0 Å². The first kappa shape index (κ1) is 34.0. The van der Waals surface area contributed by atoms with Crippen molar-refractivity contribution in [3.05, 3.63) is 22.2 Å². The Bertz CT molecular complexity index is 1170. The Morgan fingerprint density at radius 3 is 2.20 bits per heavy atom. The van der Waals surface area contributed by atoms with E-state index in [4.69, 9.17) is 14.0 Å². The summed E-state index contributed by atoms with van der Waals surface area (Å²) in [5.74, 6) is -2.10. The second-order valence-electron chi connectivity index (χ2n) is 10.1. The average molecular weight is 592 g/mol. The number of nitrogens with one attached hydrogen (secondary N) is 1. The normalized spacial score (nSPS) is 23.9. The molecule has 0 aliphatic carbocycles. The number of rotatable bonds is 13. The summed E-state index contributed by atoms with van der Waals surface area (Å²) < 4.78 is 31.0. The van der Waals surface area contributed by atoms with Gasteiger partial charge in [0.05, 0.1) is 11.7 Å². The fourth-order valence-corrected chi connectivity index (χ4v) is 6.85. The molecule has 0 aromatic carbocycles. The van der Waals surface area contributed by atoms with Gasteiger partial charge in [-0.15, -0.1) is 0 Å². The minimum absolute atomic E-state index is 0.0292. The van der Waals surface area contributed by atoms with Crippen LogP contribution in [0, 0.1) is 5.92 Å². The highest BCUT2D eigenvalue weighted by atomic mass is 31.2. The summed E-state index contributed by atoms with van der Waals surface area (Å²) in [5.41, 5.74) is -2.16. The zero-order chi connectivity index (χ0) is 30.6. The second kappa shape index (κ2) is 13.2. The SMILES string of the molecule is CCC(CC)(OP(=O)(O)C(O)(CC)CC)C(C)C1OC(n2cc(COC(C)=O)c(NC(C)=O)nc2=O)C(O)C1O. The lowest BCUT2D eigenvalue weighted by molar-refractivity contribution is -0.142. The van der Waals surface area contributed by atoms with Crippen LogP contribution in [0.25, 0.3) is 0 Å². The van der Waals surface area contributed by atoms with Crippen molar-refractivity contribution in [1.82, 2.24) is 9.55 Å². The molecule has 228 valence electrons. The lowest BCUT2D eigenvalue weighted by Crippen LogP contribution is -2.49. The Labute approximate surface area is 233 Å². The van der Waals surface area contributed by atoms with E-state index in [0.717, 1.165) is 4.57 Å². The van der Waals surface area contributed by atoms with E-state index in [-0.39, 0.29) is 43.7 Å². The van der Waals surface area contributed by atoms with E-state index in [1.165, 1.54) is 20.0 Å². The molecule has 14 nitrogen and oxygen atoms in total. The Balaban J connectivity index is 2.49. The molecule has 1 fully saturated rings. The molecule has 1 amide bonds. The molecule has 40 heavy (non-hydrogen) atoms. The molecule has 0 bridgehead atoms. The molecule has 2 rings (SSSR count). The number of carbonyl (C=O) groups is 2. The predicted molar refractivity (Wildman–Crippen MR) is 143 cm³/mol. The molecule has 1 saturated heterocycles. The molecular formula is C25H42N3O11P. The smallest absolute Gasteiger partial charge is 0.359 e. The van der Waals surface area contributed by atoms with Gasteiger partial charge in [0, 0.05) is 31.5 Å². The highest BCUT2D eigenvalue weighted by Gasteiger charge is 2.56. The number of amides is 1. The van der Waals surface area contributed by atoms with Crippen molar-refractivity contribution < 1.29 is 48.4 Å². The molecule has 5 N–H and O–H groups in total. The summed E-state index contributed by atoms with van der Waals surface area (Å²) in [6, 6.07) is 0. The number of aromatic nitrogens is 2. The number of aliphatic hydroxyl groups excluding tert-OH is 2. The van der Waals surface area contributed by atoms with Crippen LogP contribution in [0.1, 0.15) is 85.9 Å². The van der Waals surface area contributed by atoms with Crippen LogP contribution >= 0.6 is 7.60 Å². The maximum atomic E-state index is 13.3. The standard InChI is InChI=1S/C25H42N3O11P/c1-8-24(9-2,39-40(35,36)25(34,10-3)11-4)14(5)20-18(31)19(32)22(38-20)28-12-17(13-37-16(7)30)21(26-15(6)29)27-23(28)33/h12,14,18-20,22,31-32,34H,8-11,13H2,1-7H3,(H,35,36)(H,26,27,29,33). The molecule has 1 aliphatic rings. The number of nitrogens with zero attached hydrogens (tertiary/aromatic N) is 2. The number of ether oxygens (including phenoxy) is 2. The van der Waals surface area contributed by atoms with Gasteiger partial charge in [0.2, 0.25) is 5.91 Å². The van der Waals surface area contributed by atoms with Crippen LogP contribution in [0.15, 0.2) is 11.0 Å². The van der Waals surface area contributed by atoms with Gasteiger partial charge < -0.3 is 35.0 Å². The van der Waals surface area contributed by atoms with Crippen molar-refractivity contribution in [3.63, 3.8) is 0 Å². The molecule has 0 saturated carbocycles. The molecular weight excluding hydrogens is 549 g/mol. The van der Waals surface area contributed by atoms with Crippen LogP contribution < -0.4 is 11.0 Å². The topological polar surface area (TPSA) is 207 Å². The summed E-state index contributed by atoms with van der Waals surface area (Å²) >= 11 is 0. The fraction of sp³-hybridized carbons (Fsp3) is 0.760. The molecule has 1 aromatic rings. The molecule has 15 heteroatoms. The third-order valence-electron chi connectivity index (χ3n) is 7.79. The van der Waals surface area contributed by atoms with Crippen LogP contribution in [0.4, 0.5) is 5.82 Å². The first-order valence-electron chi connectivity index (χ1n) is 13.3. The summed E-state index contributed by atoms with van der Waals surface area (Å²) in [5, 5.41) is 33.1.